The molecular weight excluding hydrogens is 194 g/mol. The lowest BCUT2D eigenvalue weighted by Crippen LogP contribution is -2.40. The normalized spacial score (nSPS) is 23.3. The highest BCUT2D eigenvalue weighted by Crippen LogP contribution is 2.31. The zero-order valence-electron chi connectivity index (χ0n) is 10.4. The molecule has 2 rings (SSSR count). The average Bonchev–Trinajstić information content (AvgIpc) is 2.31. The fourth-order valence-corrected chi connectivity index (χ4v) is 2.94. The van der Waals surface area contributed by atoms with Gasteiger partial charge in [-0.05, 0) is 30.9 Å². The molecule has 1 nitrogen and oxygen atoms in total. The first-order chi connectivity index (χ1) is 7.79. The van der Waals surface area contributed by atoms with E-state index in [-0.39, 0.29) is 0 Å². The van der Waals surface area contributed by atoms with Crippen molar-refractivity contribution in [1.82, 2.24) is 5.32 Å². The topological polar surface area (TPSA) is 12.0 Å². The van der Waals surface area contributed by atoms with Crippen molar-refractivity contribution in [3.05, 3.63) is 35.9 Å². The van der Waals surface area contributed by atoms with Gasteiger partial charge >= 0.3 is 0 Å². The van der Waals surface area contributed by atoms with E-state index in [1.807, 2.05) is 0 Å². The molecule has 0 bridgehead atoms. The molecule has 0 aliphatic carbocycles. The minimum Gasteiger partial charge on any atom is -0.313 e. The molecule has 1 saturated heterocycles. The van der Waals surface area contributed by atoms with Crippen molar-refractivity contribution in [3.8, 4) is 0 Å². The predicted molar refractivity (Wildman–Crippen MR) is 69.7 cm³/mol. The summed E-state index contributed by atoms with van der Waals surface area (Å²) in [7, 11) is 0. The van der Waals surface area contributed by atoms with Crippen LogP contribution in [0, 0.1) is 5.92 Å². The van der Waals surface area contributed by atoms with Crippen LogP contribution in [0.4, 0.5) is 0 Å². The van der Waals surface area contributed by atoms with Gasteiger partial charge in [0.05, 0.1) is 0 Å². The second kappa shape index (κ2) is 5.49. The van der Waals surface area contributed by atoms with Crippen LogP contribution in [-0.2, 0) is 0 Å². The first-order valence-corrected chi connectivity index (χ1v) is 6.57. The Kier molecular flexibility index (Phi) is 4.00. The average molecular weight is 217 g/mol. The van der Waals surface area contributed by atoms with Gasteiger partial charge in [0.25, 0.3) is 0 Å². The molecule has 0 amide bonds. The van der Waals surface area contributed by atoms with E-state index < -0.39 is 0 Å². The number of rotatable bonds is 3. The van der Waals surface area contributed by atoms with Crippen molar-refractivity contribution in [3.63, 3.8) is 0 Å². The maximum Gasteiger partial charge on any atom is 0.0138 e. The Morgan fingerprint density at radius 2 is 1.88 bits per heavy atom. The first kappa shape index (κ1) is 11.7. The Bertz CT molecular complexity index is 298. The Morgan fingerprint density at radius 1 is 1.12 bits per heavy atom. The molecule has 1 heteroatoms. The number of hydrogen-bond acceptors (Lipinski definition) is 1. The summed E-state index contributed by atoms with van der Waals surface area (Å²) >= 11 is 0. The molecule has 0 radical (unpaired) electrons. The van der Waals surface area contributed by atoms with Gasteiger partial charge in [0, 0.05) is 12.0 Å². The van der Waals surface area contributed by atoms with Gasteiger partial charge in [0.15, 0.2) is 0 Å². The van der Waals surface area contributed by atoms with Crippen LogP contribution >= 0.6 is 0 Å². The molecule has 1 fully saturated rings. The third-order valence-corrected chi connectivity index (χ3v) is 3.68. The number of piperidine rings is 1. The van der Waals surface area contributed by atoms with Gasteiger partial charge in [-0.2, -0.15) is 0 Å². The minimum absolute atomic E-state index is 0.668. The van der Waals surface area contributed by atoms with E-state index >= 15 is 0 Å². The van der Waals surface area contributed by atoms with Crippen LogP contribution < -0.4 is 5.32 Å². The molecule has 88 valence electrons. The molecule has 16 heavy (non-hydrogen) atoms. The van der Waals surface area contributed by atoms with E-state index in [1.54, 1.807) is 0 Å². The highest BCUT2D eigenvalue weighted by atomic mass is 14.9. The molecule has 2 atom stereocenters. The summed E-state index contributed by atoms with van der Waals surface area (Å²) < 4.78 is 0. The molecule has 1 heterocycles. The van der Waals surface area contributed by atoms with Gasteiger partial charge in [-0.1, -0.05) is 50.6 Å². The monoisotopic (exact) mass is 217 g/mol. The van der Waals surface area contributed by atoms with Crippen LogP contribution in [-0.4, -0.2) is 12.6 Å². The molecular formula is C15H23N. The van der Waals surface area contributed by atoms with Crippen LogP contribution in [0.25, 0.3) is 0 Å². The summed E-state index contributed by atoms with van der Waals surface area (Å²) in [6.45, 7) is 5.88. The third kappa shape index (κ3) is 2.65. The lowest BCUT2D eigenvalue weighted by molar-refractivity contribution is 0.303. The van der Waals surface area contributed by atoms with Gasteiger partial charge in [0.1, 0.15) is 0 Å². The molecule has 0 aromatic heterocycles. The van der Waals surface area contributed by atoms with E-state index in [0.717, 1.165) is 0 Å². The Balaban J connectivity index is 2.16. The summed E-state index contributed by atoms with van der Waals surface area (Å²) in [6, 6.07) is 11.7. The standard InChI is InChI=1S/C15H23N/c1-12(2)15(13-8-4-3-5-9-13)14-10-6-7-11-16-14/h3-5,8-9,12,14-16H,6-7,10-11H2,1-2H3. The van der Waals surface area contributed by atoms with E-state index in [2.05, 4.69) is 49.5 Å². The van der Waals surface area contributed by atoms with Crippen LogP contribution in [0.3, 0.4) is 0 Å². The number of hydrogen-bond donors (Lipinski definition) is 1. The fourth-order valence-electron chi connectivity index (χ4n) is 2.94. The Morgan fingerprint density at radius 3 is 2.44 bits per heavy atom. The van der Waals surface area contributed by atoms with Gasteiger partial charge in [-0.15, -0.1) is 0 Å². The summed E-state index contributed by atoms with van der Waals surface area (Å²) in [5.74, 6) is 1.37. The smallest absolute Gasteiger partial charge is 0.0138 e. The van der Waals surface area contributed by atoms with E-state index in [4.69, 9.17) is 0 Å². The van der Waals surface area contributed by atoms with E-state index in [0.29, 0.717) is 17.9 Å². The quantitative estimate of drug-likeness (QED) is 0.816. The minimum atomic E-state index is 0.668. The van der Waals surface area contributed by atoms with Crippen molar-refractivity contribution < 1.29 is 0 Å². The van der Waals surface area contributed by atoms with Gasteiger partial charge < -0.3 is 5.32 Å². The summed E-state index contributed by atoms with van der Waals surface area (Å²) in [4.78, 5) is 0. The fraction of sp³-hybridized carbons (Fsp3) is 0.600. The molecule has 2 unspecified atom stereocenters. The van der Waals surface area contributed by atoms with Crippen molar-refractivity contribution >= 4 is 0 Å². The lowest BCUT2D eigenvalue weighted by atomic mass is 9.79. The molecule has 1 aliphatic rings. The molecule has 0 spiro atoms. The van der Waals surface area contributed by atoms with Crippen LogP contribution in [0.1, 0.15) is 44.6 Å². The summed E-state index contributed by atoms with van der Waals surface area (Å²) in [6.07, 6.45) is 4.06. The van der Waals surface area contributed by atoms with Crippen molar-refractivity contribution in [2.75, 3.05) is 6.54 Å². The second-order valence-corrected chi connectivity index (χ2v) is 5.24. The molecule has 1 aliphatic heterocycles. The first-order valence-electron chi connectivity index (χ1n) is 6.57. The SMILES string of the molecule is CC(C)C(c1ccccc1)C1CCCCN1. The van der Waals surface area contributed by atoms with E-state index in [9.17, 15) is 0 Å². The van der Waals surface area contributed by atoms with Crippen molar-refractivity contribution in [2.24, 2.45) is 5.92 Å². The highest BCUT2D eigenvalue weighted by molar-refractivity contribution is 5.22. The number of benzene rings is 1. The zero-order chi connectivity index (χ0) is 11.4. The Labute approximate surface area is 99.3 Å². The van der Waals surface area contributed by atoms with E-state index in [1.165, 1.54) is 31.4 Å². The summed E-state index contributed by atoms with van der Waals surface area (Å²) in [5.41, 5.74) is 1.50. The maximum absolute atomic E-state index is 3.70. The predicted octanol–water partition coefficient (Wildman–Crippen LogP) is 3.57. The van der Waals surface area contributed by atoms with Crippen LogP contribution in [0.2, 0.25) is 0 Å². The van der Waals surface area contributed by atoms with Crippen molar-refractivity contribution in [1.29, 1.82) is 0 Å². The van der Waals surface area contributed by atoms with Crippen LogP contribution in [0.5, 0.6) is 0 Å². The zero-order valence-corrected chi connectivity index (χ0v) is 10.4. The number of nitrogens with one attached hydrogen (secondary N) is 1. The van der Waals surface area contributed by atoms with Gasteiger partial charge in [-0.3, -0.25) is 0 Å². The largest absolute Gasteiger partial charge is 0.313 e. The van der Waals surface area contributed by atoms with Gasteiger partial charge in [-0.25, -0.2) is 0 Å². The third-order valence-electron chi connectivity index (χ3n) is 3.68. The summed E-state index contributed by atoms with van der Waals surface area (Å²) in [5, 5.41) is 3.70. The highest BCUT2D eigenvalue weighted by Gasteiger charge is 2.26. The maximum atomic E-state index is 3.70. The molecule has 1 aromatic carbocycles. The molecule has 1 aromatic rings. The van der Waals surface area contributed by atoms with Crippen molar-refractivity contribution in [2.45, 2.75) is 45.1 Å². The van der Waals surface area contributed by atoms with Gasteiger partial charge in [0.2, 0.25) is 0 Å². The second-order valence-electron chi connectivity index (χ2n) is 5.24. The lowest BCUT2D eigenvalue weighted by Gasteiger charge is -2.34. The Hall–Kier alpha value is -0.820. The molecule has 1 N–H and O–H groups in total. The molecule has 0 saturated carbocycles. The van der Waals surface area contributed by atoms with Crippen LogP contribution in [0.15, 0.2) is 30.3 Å².